The van der Waals surface area contributed by atoms with Crippen LogP contribution < -0.4 is 0 Å². The second-order valence-corrected chi connectivity index (χ2v) is 6.28. The minimum Gasteiger partial charge on any atom is -0.390 e. The molecular formula is C11H19BrO2. The Balaban J connectivity index is 2.22. The first kappa shape index (κ1) is 10.9. The van der Waals surface area contributed by atoms with E-state index in [1.54, 1.807) is 0 Å². The smallest absolute Gasteiger partial charge is 0.0946 e. The van der Waals surface area contributed by atoms with Gasteiger partial charge in [0.2, 0.25) is 0 Å². The van der Waals surface area contributed by atoms with Crippen molar-refractivity contribution in [3.63, 3.8) is 0 Å². The molecule has 4 atom stereocenters. The van der Waals surface area contributed by atoms with Crippen LogP contribution in [0.4, 0.5) is 0 Å². The first-order valence-electron chi connectivity index (χ1n) is 5.39. The molecule has 0 heterocycles. The van der Waals surface area contributed by atoms with Crippen molar-refractivity contribution in [3.05, 3.63) is 0 Å². The molecule has 3 aliphatic rings. The van der Waals surface area contributed by atoms with Crippen LogP contribution in [0.15, 0.2) is 0 Å². The predicted molar refractivity (Wildman–Crippen MR) is 59.4 cm³/mol. The first-order valence-corrected chi connectivity index (χ1v) is 6.51. The lowest BCUT2D eigenvalue weighted by atomic mass is 9.43. The van der Waals surface area contributed by atoms with Crippen LogP contribution in [0.3, 0.4) is 0 Å². The molecule has 3 saturated carbocycles. The van der Waals surface area contributed by atoms with Crippen molar-refractivity contribution in [2.75, 3.05) is 5.33 Å². The summed E-state index contributed by atoms with van der Waals surface area (Å²) in [6, 6.07) is 0. The summed E-state index contributed by atoms with van der Waals surface area (Å²) in [5, 5.41) is 21.2. The third-order valence-electron chi connectivity index (χ3n) is 4.65. The quantitative estimate of drug-likeness (QED) is 0.747. The Morgan fingerprint density at radius 1 is 1.36 bits per heavy atom. The minimum absolute atomic E-state index is 0.218. The van der Waals surface area contributed by atoms with Crippen LogP contribution in [0.2, 0.25) is 0 Å². The van der Waals surface area contributed by atoms with Gasteiger partial charge in [-0.3, -0.25) is 0 Å². The average molecular weight is 263 g/mol. The van der Waals surface area contributed by atoms with Crippen molar-refractivity contribution >= 4 is 15.9 Å². The van der Waals surface area contributed by atoms with Gasteiger partial charge in [-0.05, 0) is 36.5 Å². The number of aliphatic hydroxyl groups is 2. The molecule has 0 aromatic rings. The Morgan fingerprint density at radius 2 is 2.00 bits per heavy atom. The van der Waals surface area contributed by atoms with Gasteiger partial charge in [0.05, 0.1) is 11.7 Å². The van der Waals surface area contributed by atoms with E-state index in [9.17, 15) is 10.2 Å². The maximum Gasteiger partial charge on any atom is 0.0946 e. The maximum absolute atomic E-state index is 10.5. The highest BCUT2D eigenvalue weighted by atomic mass is 79.9. The zero-order chi connectivity index (χ0) is 10.6. The molecule has 0 aromatic heterocycles. The lowest BCUT2D eigenvalue weighted by Crippen LogP contribution is -2.67. The maximum atomic E-state index is 10.5. The fraction of sp³-hybridized carbons (Fsp3) is 1.00. The van der Waals surface area contributed by atoms with E-state index >= 15 is 0 Å². The molecule has 2 nitrogen and oxygen atoms in total. The molecule has 3 rings (SSSR count). The molecule has 3 aliphatic carbocycles. The van der Waals surface area contributed by atoms with E-state index in [1.165, 1.54) is 0 Å². The van der Waals surface area contributed by atoms with Crippen molar-refractivity contribution in [1.29, 1.82) is 0 Å². The van der Waals surface area contributed by atoms with E-state index in [2.05, 4.69) is 29.8 Å². The van der Waals surface area contributed by atoms with Crippen molar-refractivity contribution in [3.8, 4) is 0 Å². The van der Waals surface area contributed by atoms with Gasteiger partial charge >= 0.3 is 0 Å². The highest BCUT2D eigenvalue weighted by Gasteiger charge is 2.63. The van der Waals surface area contributed by atoms with Crippen molar-refractivity contribution < 1.29 is 10.2 Å². The number of hydrogen-bond acceptors (Lipinski definition) is 2. The Bertz CT molecular complexity index is 241. The van der Waals surface area contributed by atoms with Gasteiger partial charge in [0.15, 0.2) is 0 Å². The fourth-order valence-electron chi connectivity index (χ4n) is 3.46. The van der Waals surface area contributed by atoms with Crippen LogP contribution in [-0.4, -0.2) is 27.2 Å². The summed E-state index contributed by atoms with van der Waals surface area (Å²) < 4.78 is 0. The van der Waals surface area contributed by atoms with Gasteiger partial charge in [0.25, 0.3) is 0 Å². The lowest BCUT2D eigenvalue weighted by Gasteiger charge is -2.65. The SMILES string of the molecule is CC1(C)C2CC(O)[C@@](O)(CCBr)C1C2. The molecule has 82 valence electrons. The summed E-state index contributed by atoms with van der Waals surface area (Å²) in [6.45, 7) is 4.44. The van der Waals surface area contributed by atoms with Gasteiger partial charge < -0.3 is 10.2 Å². The molecular weight excluding hydrogens is 244 g/mol. The molecule has 3 fully saturated rings. The van der Waals surface area contributed by atoms with E-state index in [4.69, 9.17) is 0 Å². The topological polar surface area (TPSA) is 40.5 Å². The molecule has 2 bridgehead atoms. The molecule has 0 amide bonds. The predicted octanol–water partition coefficient (Wildman–Crippen LogP) is 1.93. The third-order valence-corrected chi connectivity index (χ3v) is 5.05. The molecule has 3 unspecified atom stereocenters. The molecule has 2 N–H and O–H groups in total. The summed E-state index contributed by atoms with van der Waals surface area (Å²) >= 11 is 3.36. The average Bonchev–Trinajstić information content (AvgIpc) is 2.09. The van der Waals surface area contributed by atoms with Crippen LogP contribution in [0, 0.1) is 17.3 Å². The zero-order valence-corrected chi connectivity index (χ0v) is 10.4. The second-order valence-electron chi connectivity index (χ2n) is 5.49. The standard InChI is InChI=1S/C11H19BrO2/c1-10(2)7-5-8(10)11(14,3-4-12)9(13)6-7/h7-9,13-14H,3-6H2,1-2H3/t7?,8?,9?,11-/m1/s1. The van der Waals surface area contributed by atoms with Crippen LogP contribution >= 0.6 is 15.9 Å². The summed E-state index contributed by atoms with van der Waals surface area (Å²) in [5.74, 6) is 0.888. The van der Waals surface area contributed by atoms with Crippen LogP contribution in [0.5, 0.6) is 0 Å². The molecule has 0 spiro atoms. The normalized spacial score (nSPS) is 49.9. The number of alkyl halides is 1. The Hall–Kier alpha value is 0.400. The highest BCUT2D eigenvalue weighted by Crippen LogP contribution is 2.63. The highest BCUT2D eigenvalue weighted by molar-refractivity contribution is 9.09. The largest absolute Gasteiger partial charge is 0.390 e. The van der Waals surface area contributed by atoms with E-state index in [1.807, 2.05) is 0 Å². The summed E-state index contributed by atoms with van der Waals surface area (Å²) in [5.41, 5.74) is -0.627. The van der Waals surface area contributed by atoms with Gasteiger partial charge in [0.1, 0.15) is 0 Å². The fourth-order valence-corrected chi connectivity index (χ4v) is 4.10. The van der Waals surface area contributed by atoms with Crippen LogP contribution in [0.1, 0.15) is 33.1 Å². The number of fused-ring (bicyclic) bond motifs is 2. The van der Waals surface area contributed by atoms with Crippen LogP contribution in [0.25, 0.3) is 0 Å². The first-order chi connectivity index (χ1) is 6.43. The zero-order valence-electron chi connectivity index (χ0n) is 8.83. The molecule has 0 saturated heterocycles. The lowest BCUT2D eigenvalue weighted by molar-refractivity contribution is -0.253. The Labute approximate surface area is 93.8 Å². The van der Waals surface area contributed by atoms with Gasteiger partial charge in [-0.1, -0.05) is 29.8 Å². The van der Waals surface area contributed by atoms with Gasteiger partial charge in [-0.2, -0.15) is 0 Å². The van der Waals surface area contributed by atoms with Gasteiger partial charge in [0, 0.05) is 5.33 Å². The van der Waals surface area contributed by atoms with E-state index < -0.39 is 11.7 Å². The second kappa shape index (κ2) is 3.19. The minimum atomic E-state index is -0.845. The van der Waals surface area contributed by atoms with Crippen LogP contribution in [-0.2, 0) is 0 Å². The summed E-state index contributed by atoms with van der Waals surface area (Å²) in [4.78, 5) is 0. The number of hydrogen-bond donors (Lipinski definition) is 2. The molecule has 14 heavy (non-hydrogen) atoms. The third kappa shape index (κ3) is 1.22. The molecule has 0 radical (unpaired) electrons. The number of halogens is 1. The van der Waals surface area contributed by atoms with Crippen molar-refractivity contribution in [2.24, 2.45) is 17.3 Å². The molecule has 0 aromatic carbocycles. The Morgan fingerprint density at radius 3 is 2.50 bits per heavy atom. The van der Waals surface area contributed by atoms with Crippen molar-refractivity contribution in [2.45, 2.75) is 44.8 Å². The van der Waals surface area contributed by atoms with E-state index in [0.717, 1.165) is 18.2 Å². The molecule has 0 aliphatic heterocycles. The summed E-state index contributed by atoms with van der Waals surface area (Å²) in [7, 11) is 0. The number of rotatable bonds is 2. The van der Waals surface area contributed by atoms with E-state index in [-0.39, 0.29) is 11.3 Å². The monoisotopic (exact) mass is 262 g/mol. The van der Waals surface area contributed by atoms with Crippen molar-refractivity contribution in [1.82, 2.24) is 0 Å². The van der Waals surface area contributed by atoms with E-state index in [0.29, 0.717) is 12.3 Å². The van der Waals surface area contributed by atoms with Gasteiger partial charge in [-0.15, -0.1) is 0 Å². The number of aliphatic hydroxyl groups excluding tert-OH is 1. The Kier molecular flexibility index (Phi) is 2.49. The molecule has 3 heteroatoms. The van der Waals surface area contributed by atoms with Gasteiger partial charge in [-0.25, -0.2) is 0 Å². The summed E-state index contributed by atoms with van der Waals surface area (Å²) in [6.07, 6.45) is 2.01.